The van der Waals surface area contributed by atoms with Crippen LogP contribution in [0.4, 0.5) is 4.79 Å². The van der Waals surface area contributed by atoms with Crippen LogP contribution in [-0.2, 0) is 19.1 Å². The Labute approximate surface area is 161 Å². The monoisotopic (exact) mass is 384 g/mol. The number of amides is 5. The minimum atomic E-state index is -0.815. The Balaban J connectivity index is 1.36. The average molecular weight is 384 g/mol. The van der Waals surface area contributed by atoms with Crippen LogP contribution >= 0.6 is 0 Å². The number of imide groups is 1. The van der Waals surface area contributed by atoms with Gasteiger partial charge in [0.25, 0.3) is 5.91 Å². The molecule has 146 valence electrons. The number of benzene rings is 1. The number of hydrogen-bond donors (Lipinski definition) is 1. The molecule has 3 atom stereocenters. The molecule has 4 aliphatic rings. The largest absolute Gasteiger partial charge is 0.343 e. The molecular formula is C19H20N4O5. The quantitative estimate of drug-likeness (QED) is 0.730. The van der Waals surface area contributed by atoms with Crippen molar-refractivity contribution in [2.45, 2.75) is 30.7 Å². The van der Waals surface area contributed by atoms with E-state index in [0.29, 0.717) is 19.5 Å². The molecule has 4 aliphatic heterocycles. The Morgan fingerprint density at radius 1 is 1.18 bits per heavy atom. The van der Waals surface area contributed by atoms with Crippen molar-refractivity contribution in [2.75, 3.05) is 26.2 Å². The van der Waals surface area contributed by atoms with Gasteiger partial charge in [-0.2, -0.15) is 0 Å². The van der Waals surface area contributed by atoms with Gasteiger partial charge in [-0.15, -0.1) is 0 Å². The summed E-state index contributed by atoms with van der Waals surface area (Å²) in [5.41, 5.74) is 0.187. The van der Waals surface area contributed by atoms with E-state index in [-0.39, 0.29) is 37.4 Å². The number of carbonyl (C=O) groups is 4. The summed E-state index contributed by atoms with van der Waals surface area (Å²) >= 11 is 0. The van der Waals surface area contributed by atoms with Crippen LogP contribution in [0.5, 0.6) is 0 Å². The summed E-state index contributed by atoms with van der Waals surface area (Å²) in [6, 6.07) is 8.78. The van der Waals surface area contributed by atoms with Crippen LogP contribution in [0, 0.1) is 0 Å². The fourth-order valence-corrected chi connectivity index (χ4v) is 4.81. The number of nitrogens with zero attached hydrogens (tertiary/aromatic N) is 3. The van der Waals surface area contributed by atoms with Crippen LogP contribution in [0.1, 0.15) is 24.5 Å². The van der Waals surface area contributed by atoms with Crippen molar-refractivity contribution in [3.05, 3.63) is 35.9 Å². The van der Waals surface area contributed by atoms with E-state index in [4.69, 9.17) is 4.74 Å². The van der Waals surface area contributed by atoms with Crippen molar-refractivity contribution in [1.29, 1.82) is 0 Å². The third-order valence-corrected chi connectivity index (χ3v) is 6.15. The molecule has 1 N–H and O–H groups in total. The molecule has 0 radical (unpaired) electrons. The second-order valence-corrected chi connectivity index (χ2v) is 7.56. The summed E-state index contributed by atoms with van der Waals surface area (Å²) in [4.78, 5) is 53.3. The average Bonchev–Trinajstić information content (AvgIpc) is 3.40. The maximum absolute atomic E-state index is 12.8. The molecule has 5 amide bonds. The van der Waals surface area contributed by atoms with Gasteiger partial charge in [0.2, 0.25) is 11.8 Å². The minimum absolute atomic E-state index is 0.0316. The van der Waals surface area contributed by atoms with Crippen LogP contribution in [-0.4, -0.2) is 76.4 Å². The van der Waals surface area contributed by atoms with Crippen molar-refractivity contribution in [1.82, 2.24) is 20.0 Å². The highest BCUT2D eigenvalue weighted by Crippen LogP contribution is 2.50. The van der Waals surface area contributed by atoms with Crippen LogP contribution in [0.2, 0.25) is 0 Å². The van der Waals surface area contributed by atoms with E-state index in [1.54, 1.807) is 9.80 Å². The lowest BCUT2D eigenvalue weighted by Crippen LogP contribution is -2.51. The van der Waals surface area contributed by atoms with Gasteiger partial charge in [-0.05, 0) is 5.56 Å². The van der Waals surface area contributed by atoms with E-state index in [1.807, 2.05) is 30.3 Å². The van der Waals surface area contributed by atoms with Crippen molar-refractivity contribution in [3.63, 3.8) is 0 Å². The summed E-state index contributed by atoms with van der Waals surface area (Å²) in [6.07, 6.45) is 0.500. The third-order valence-electron chi connectivity index (χ3n) is 6.15. The van der Waals surface area contributed by atoms with Gasteiger partial charge < -0.3 is 19.9 Å². The van der Waals surface area contributed by atoms with Gasteiger partial charge in [0, 0.05) is 13.0 Å². The van der Waals surface area contributed by atoms with Gasteiger partial charge in [-0.25, -0.2) is 4.79 Å². The normalized spacial score (nSPS) is 31.4. The SMILES string of the molecule is O=C1CNC(=O)N1CC(=O)N1CC[C@@]23O[C@@H](c4ccccc4)CN2C(=O)C[C@@H]13. The lowest BCUT2D eigenvalue weighted by Gasteiger charge is -2.32. The molecule has 0 unspecified atom stereocenters. The topological polar surface area (TPSA) is 99.3 Å². The van der Waals surface area contributed by atoms with Crippen molar-refractivity contribution >= 4 is 23.8 Å². The molecule has 4 heterocycles. The van der Waals surface area contributed by atoms with E-state index in [0.717, 1.165) is 10.5 Å². The van der Waals surface area contributed by atoms with Gasteiger partial charge in [-0.1, -0.05) is 30.3 Å². The third kappa shape index (κ3) is 2.35. The van der Waals surface area contributed by atoms with Gasteiger partial charge in [0.15, 0.2) is 5.72 Å². The van der Waals surface area contributed by atoms with Crippen molar-refractivity contribution in [3.8, 4) is 0 Å². The van der Waals surface area contributed by atoms with E-state index in [1.165, 1.54) is 0 Å². The molecule has 1 aromatic rings. The minimum Gasteiger partial charge on any atom is -0.343 e. The zero-order valence-electron chi connectivity index (χ0n) is 15.2. The molecule has 5 rings (SSSR count). The molecule has 0 bridgehead atoms. The molecule has 28 heavy (non-hydrogen) atoms. The van der Waals surface area contributed by atoms with Gasteiger partial charge >= 0.3 is 6.03 Å². The number of hydrogen-bond acceptors (Lipinski definition) is 5. The second kappa shape index (κ2) is 6.03. The first kappa shape index (κ1) is 17.2. The first-order chi connectivity index (χ1) is 13.5. The molecule has 0 saturated carbocycles. The van der Waals surface area contributed by atoms with Crippen molar-refractivity contribution < 1.29 is 23.9 Å². The van der Waals surface area contributed by atoms with Crippen LogP contribution in [0.25, 0.3) is 0 Å². The molecule has 0 aromatic heterocycles. The van der Waals surface area contributed by atoms with E-state index < -0.39 is 23.7 Å². The summed E-state index contributed by atoms with van der Waals surface area (Å²) in [7, 11) is 0. The molecular weight excluding hydrogens is 364 g/mol. The fraction of sp³-hybridized carbons (Fsp3) is 0.474. The Hall–Kier alpha value is -2.94. The molecule has 9 nitrogen and oxygen atoms in total. The molecule has 4 fully saturated rings. The first-order valence-electron chi connectivity index (χ1n) is 9.40. The Kier molecular flexibility index (Phi) is 3.70. The van der Waals surface area contributed by atoms with E-state index in [2.05, 4.69) is 5.32 Å². The maximum Gasteiger partial charge on any atom is 0.325 e. The highest BCUT2D eigenvalue weighted by atomic mass is 16.5. The lowest BCUT2D eigenvalue weighted by molar-refractivity contribution is -0.144. The van der Waals surface area contributed by atoms with Gasteiger partial charge in [0.05, 0.1) is 25.6 Å². The summed E-state index contributed by atoms with van der Waals surface area (Å²) in [5.74, 6) is -0.790. The highest BCUT2D eigenvalue weighted by molar-refractivity contribution is 6.04. The van der Waals surface area contributed by atoms with Crippen LogP contribution < -0.4 is 5.32 Å². The fourth-order valence-electron chi connectivity index (χ4n) is 4.81. The predicted octanol–water partition coefficient (Wildman–Crippen LogP) is -0.161. The van der Waals surface area contributed by atoms with Crippen molar-refractivity contribution in [2.24, 2.45) is 0 Å². The number of ether oxygens (including phenoxy) is 1. The number of likely N-dealkylation sites (tertiary alicyclic amines) is 1. The molecule has 1 aromatic carbocycles. The van der Waals surface area contributed by atoms with Crippen LogP contribution in [0.15, 0.2) is 30.3 Å². The number of nitrogens with one attached hydrogen (secondary N) is 1. The second-order valence-electron chi connectivity index (χ2n) is 7.56. The molecule has 0 aliphatic carbocycles. The maximum atomic E-state index is 12.8. The van der Waals surface area contributed by atoms with Gasteiger partial charge in [0.1, 0.15) is 12.6 Å². The predicted molar refractivity (Wildman–Crippen MR) is 94.6 cm³/mol. The Bertz CT molecular complexity index is 858. The zero-order valence-corrected chi connectivity index (χ0v) is 15.2. The summed E-state index contributed by atoms with van der Waals surface area (Å²) < 4.78 is 6.40. The standard InChI is InChI=1S/C19H20N4O5/c24-15-8-14-19(23(15)10-13(28-19)12-4-2-1-3-5-12)6-7-21(14)17(26)11-22-16(25)9-20-18(22)27/h1-5,13-14H,6-11H2,(H,20,27)/t13-,14-,19+/m1/s1. The summed E-state index contributed by atoms with van der Waals surface area (Å²) in [5, 5.41) is 2.41. The number of rotatable bonds is 3. The van der Waals surface area contributed by atoms with E-state index >= 15 is 0 Å². The lowest BCUT2D eigenvalue weighted by atomic mass is 10.1. The molecule has 9 heteroatoms. The Morgan fingerprint density at radius 3 is 2.68 bits per heavy atom. The smallest absolute Gasteiger partial charge is 0.325 e. The van der Waals surface area contributed by atoms with E-state index in [9.17, 15) is 19.2 Å². The zero-order chi connectivity index (χ0) is 19.5. The molecule has 4 saturated heterocycles. The first-order valence-corrected chi connectivity index (χ1v) is 9.40. The summed E-state index contributed by atoms with van der Waals surface area (Å²) in [6.45, 7) is 0.494. The van der Waals surface area contributed by atoms with Gasteiger partial charge in [-0.3, -0.25) is 19.3 Å². The number of carbonyl (C=O) groups excluding carboxylic acids is 4. The highest BCUT2D eigenvalue weighted by Gasteiger charge is 2.65. The Morgan fingerprint density at radius 2 is 1.96 bits per heavy atom. The molecule has 1 spiro atoms. The van der Waals surface area contributed by atoms with Crippen LogP contribution in [0.3, 0.4) is 0 Å². The number of urea groups is 1.